The summed E-state index contributed by atoms with van der Waals surface area (Å²) in [5, 5.41) is 16.4. The molecule has 0 aliphatic carbocycles. The van der Waals surface area contributed by atoms with E-state index in [1.165, 1.54) is 4.31 Å². The van der Waals surface area contributed by atoms with Gasteiger partial charge in [-0.15, -0.1) is 0 Å². The molecule has 9 heteroatoms. The van der Waals surface area contributed by atoms with Crippen LogP contribution in [0.25, 0.3) is 0 Å². The van der Waals surface area contributed by atoms with Gasteiger partial charge in [-0.2, -0.15) is 4.31 Å². The van der Waals surface area contributed by atoms with Crippen molar-refractivity contribution in [3.63, 3.8) is 0 Å². The van der Waals surface area contributed by atoms with Crippen LogP contribution in [0.3, 0.4) is 0 Å². The smallest absolute Gasteiger partial charge is 0.248 e. The first-order valence-electron chi connectivity index (χ1n) is 8.73. The molecule has 8 nitrogen and oxygen atoms in total. The number of hydrogen-bond acceptors (Lipinski definition) is 6. The fourth-order valence-electron chi connectivity index (χ4n) is 3.31. The van der Waals surface area contributed by atoms with Gasteiger partial charge in [-0.3, -0.25) is 4.79 Å². The summed E-state index contributed by atoms with van der Waals surface area (Å²) in [5.41, 5.74) is 1.59. The van der Waals surface area contributed by atoms with Crippen LogP contribution in [0.1, 0.15) is 29.9 Å². The van der Waals surface area contributed by atoms with E-state index in [-0.39, 0.29) is 41.3 Å². The molecule has 1 amide bonds. The monoisotopic (exact) mass is 393 g/mol. The number of nitrogens with zero attached hydrogens (tertiary/aromatic N) is 2. The molecule has 0 spiro atoms. The highest BCUT2D eigenvalue weighted by molar-refractivity contribution is 7.89. The number of benzene rings is 1. The molecule has 2 N–H and O–H groups in total. The van der Waals surface area contributed by atoms with Crippen LogP contribution in [0.15, 0.2) is 27.6 Å². The largest absolute Gasteiger partial charge is 0.506 e. The minimum Gasteiger partial charge on any atom is -0.506 e. The molecule has 2 aromatic rings. The number of nitrogens with one attached hydrogen (secondary N) is 1. The zero-order valence-corrected chi connectivity index (χ0v) is 16.3. The van der Waals surface area contributed by atoms with Gasteiger partial charge in [0.2, 0.25) is 15.9 Å². The first kappa shape index (κ1) is 19.4. The number of rotatable bonds is 4. The molecule has 146 valence electrons. The van der Waals surface area contributed by atoms with Gasteiger partial charge >= 0.3 is 0 Å². The number of phenols is 1. The number of carbonyl (C=O) groups is 1. The minimum atomic E-state index is -3.69. The first-order valence-corrected chi connectivity index (χ1v) is 10.2. The van der Waals surface area contributed by atoms with Crippen molar-refractivity contribution >= 4 is 21.6 Å². The summed E-state index contributed by atoms with van der Waals surface area (Å²) in [4.78, 5) is 12.6. The van der Waals surface area contributed by atoms with Crippen molar-refractivity contribution in [1.82, 2.24) is 9.46 Å². The molecule has 1 saturated heterocycles. The summed E-state index contributed by atoms with van der Waals surface area (Å²) in [7, 11) is -3.69. The summed E-state index contributed by atoms with van der Waals surface area (Å²) in [6.07, 6.45) is 0.808. The third kappa shape index (κ3) is 3.84. The van der Waals surface area contributed by atoms with Crippen molar-refractivity contribution in [3.8, 4) is 5.75 Å². The summed E-state index contributed by atoms with van der Waals surface area (Å²) in [5.74, 6) is -0.255. The van der Waals surface area contributed by atoms with Gasteiger partial charge in [0.1, 0.15) is 16.3 Å². The molecule has 1 aliphatic heterocycles. The molecule has 0 unspecified atom stereocenters. The maximum Gasteiger partial charge on any atom is 0.248 e. The van der Waals surface area contributed by atoms with Gasteiger partial charge in [-0.1, -0.05) is 11.2 Å². The van der Waals surface area contributed by atoms with Crippen LogP contribution in [0.2, 0.25) is 0 Å². The number of aryl methyl sites for hydroxylation is 3. The van der Waals surface area contributed by atoms with Crippen LogP contribution < -0.4 is 5.32 Å². The molecule has 1 aliphatic rings. The van der Waals surface area contributed by atoms with E-state index < -0.39 is 10.0 Å². The Balaban J connectivity index is 1.65. The fourth-order valence-corrected chi connectivity index (χ4v) is 5.07. The van der Waals surface area contributed by atoms with Crippen molar-refractivity contribution in [3.05, 3.63) is 35.2 Å². The lowest BCUT2D eigenvalue weighted by Gasteiger charge is -2.30. The third-order valence-electron chi connectivity index (χ3n) is 4.80. The average Bonchev–Trinajstić information content (AvgIpc) is 2.96. The highest BCUT2D eigenvalue weighted by atomic mass is 32.2. The lowest BCUT2D eigenvalue weighted by molar-refractivity contribution is -0.120. The maximum atomic E-state index is 12.8. The van der Waals surface area contributed by atoms with E-state index in [1.807, 2.05) is 6.92 Å². The Hall–Kier alpha value is -2.39. The second-order valence-corrected chi connectivity index (χ2v) is 8.72. The number of phenolic OH excluding ortho intramolecular Hbond substituents is 1. The topological polar surface area (TPSA) is 113 Å². The molecule has 2 heterocycles. The SMILES string of the molecule is Cc1ccc(NC(=O)C2CCN(S(=O)(=O)c3c(C)noc3C)CC2)c(O)c1. The van der Waals surface area contributed by atoms with Crippen LogP contribution in [-0.2, 0) is 14.8 Å². The molecule has 0 atom stereocenters. The zero-order chi connectivity index (χ0) is 19.8. The lowest BCUT2D eigenvalue weighted by Crippen LogP contribution is -2.41. The van der Waals surface area contributed by atoms with Crippen LogP contribution in [0.5, 0.6) is 5.75 Å². The normalized spacial score (nSPS) is 16.4. The van der Waals surface area contributed by atoms with Crippen LogP contribution in [0, 0.1) is 26.7 Å². The third-order valence-corrected chi connectivity index (χ3v) is 6.95. The van der Waals surface area contributed by atoms with Gasteiger partial charge < -0.3 is 14.9 Å². The van der Waals surface area contributed by atoms with E-state index in [1.54, 1.807) is 32.0 Å². The van der Waals surface area contributed by atoms with Crippen molar-refractivity contribution in [2.45, 2.75) is 38.5 Å². The average molecular weight is 393 g/mol. The van der Waals surface area contributed by atoms with Gasteiger partial charge in [-0.05, 0) is 51.3 Å². The Morgan fingerprint density at radius 2 is 1.93 bits per heavy atom. The maximum absolute atomic E-state index is 12.8. The summed E-state index contributed by atoms with van der Waals surface area (Å²) < 4.78 is 32.0. The van der Waals surface area contributed by atoms with Crippen molar-refractivity contribution in [2.24, 2.45) is 5.92 Å². The Bertz CT molecular complexity index is 940. The predicted molar refractivity (Wildman–Crippen MR) is 98.9 cm³/mol. The summed E-state index contributed by atoms with van der Waals surface area (Å²) >= 11 is 0. The van der Waals surface area contributed by atoms with Gasteiger partial charge in [0.25, 0.3) is 0 Å². The van der Waals surface area contributed by atoms with Gasteiger partial charge in [-0.25, -0.2) is 8.42 Å². The molecule has 0 bridgehead atoms. The second-order valence-electron chi connectivity index (χ2n) is 6.84. The molecule has 3 rings (SSSR count). The first-order chi connectivity index (χ1) is 12.7. The molecular formula is C18H23N3O5S. The van der Waals surface area contributed by atoms with Gasteiger partial charge in [0, 0.05) is 19.0 Å². The highest BCUT2D eigenvalue weighted by Gasteiger charge is 2.35. The molecule has 0 saturated carbocycles. The Morgan fingerprint density at radius 3 is 2.48 bits per heavy atom. The number of anilines is 1. The van der Waals surface area contributed by atoms with E-state index in [0.29, 0.717) is 24.2 Å². The number of piperidine rings is 1. The predicted octanol–water partition coefficient (Wildman–Crippen LogP) is 2.34. The molecule has 27 heavy (non-hydrogen) atoms. The number of aromatic hydroxyl groups is 1. The second kappa shape index (κ2) is 7.32. The fraction of sp³-hybridized carbons (Fsp3) is 0.444. The van der Waals surface area contributed by atoms with Crippen molar-refractivity contribution < 1.29 is 22.8 Å². The standard InChI is InChI=1S/C18H23N3O5S/c1-11-4-5-15(16(22)10-11)19-18(23)14-6-8-21(9-7-14)27(24,25)17-12(2)20-26-13(17)3/h4-5,10,14,22H,6-9H2,1-3H3,(H,19,23). The number of amides is 1. The van der Waals surface area contributed by atoms with E-state index >= 15 is 0 Å². The van der Waals surface area contributed by atoms with Crippen molar-refractivity contribution in [2.75, 3.05) is 18.4 Å². The summed E-state index contributed by atoms with van der Waals surface area (Å²) in [6, 6.07) is 5.03. The van der Waals surface area contributed by atoms with Crippen molar-refractivity contribution in [1.29, 1.82) is 0 Å². The summed E-state index contributed by atoms with van der Waals surface area (Å²) in [6.45, 7) is 5.49. The van der Waals surface area contributed by atoms with E-state index in [0.717, 1.165) is 5.56 Å². The number of aromatic nitrogens is 1. The Kier molecular flexibility index (Phi) is 5.25. The van der Waals surface area contributed by atoms with Gasteiger partial charge in [0.05, 0.1) is 5.69 Å². The molecule has 1 aromatic heterocycles. The van der Waals surface area contributed by atoms with Crippen LogP contribution >= 0.6 is 0 Å². The zero-order valence-electron chi connectivity index (χ0n) is 15.5. The van der Waals surface area contributed by atoms with Gasteiger partial charge in [0.15, 0.2) is 5.76 Å². The Morgan fingerprint density at radius 1 is 1.26 bits per heavy atom. The number of hydrogen-bond donors (Lipinski definition) is 2. The molecule has 1 aromatic carbocycles. The van der Waals surface area contributed by atoms with E-state index in [4.69, 9.17) is 4.52 Å². The Labute approximate surface area is 158 Å². The lowest BCUT2D eigenvalue weighted by atomic mass is 9.97. The number of carbonyl (C=O) groups excluding carboxylic acids is 1. The highest BCUT2D eigenvalue weighted by Crippen LogP contribution is 2.29. The van der Waals surface area contributed by atoms with E-state index in [9.17, 15) is 18.3 Å². The molecular weight excluding hydrogens is 370 g/mol. The van der Waals surface area contributed by atoms with Crippen LogP contribution in [-0.4, -0.2) is 42.0 Å². The van der Waals surface area contributed by atoms with Crippen LogP contribution in [0.4, 0.5) is 5.69 Å². The van der Waals surface area contributed by atoms with E-state index in [2.05, 4.69) is 10.5 Å². The minimum absolute atomic E-state index is 0.0155. The number of sulfonamides is 1. The molecule has 1 fully saturated rings. The molecule has 0 radical (unpaired) electrons. The quantitative estimate of drug-likeness (QED) is 0.771.